The SMILES string of the molecule is CCNC(C)CC(=O)NC(C)c1cccc(OC)c1. The van der Waals surface area contributed by atoms with E-state index in [0.717, 1.165) is 17.9 Å². The van der Waals surface area contributed by atoms with Gasteiger partial charge in [-0.1, -0.05) is 19.1 Å². The van der Waals surface area contributed by atoms with E-state index in [1.807, 2.05) is 45.0 Å². The number of benzene rings is 1. The zero-order valence-electron chi connectivity index (χ0n) is 12.2. The third kappa shape index (κ3) is 5.30. The van der Waals surface area contributed by atoms with E-state index in [1.54, 1.807) is 7.11 Å². The summed E-state index contributed by atoms with van der Waals surface area (Å²) in [6.07, 6.45) is 0.488. The van der Waals surface area contributed by atoms with Crippen LogP contribution in [0.25, 0.3) is 0 Å². The van der Waals surface area contributed by atoms with Gasteiger partial charge in [0.15, 0.2) is 0 Å². The van der Waals surface area contributed by atoms with Crippen LogP contribution in [-0.2, 0) is 4.79 Å². The van der Waals surface area contributed by atoms with E-state index in [-0.39, 0.29) is 18.0 Å². The van der Waals surface area contributed by atoms with E-state index >= 15 is 0 Å². The molecule has 2 atom stereocenters. The number of amides is 1. The summed E-state index contributed by atoms with van der Waals surface area (Å²) in [6.45, 7) is 6.90. The molecule has 2 N–H and O–H groups in total. The summed E-state index contributed by atoms with van der Waals surface area (Å²) in [7, 11) is 1.64. The van der Waals surface area contributed by atoms with Gasteiger partial charge in [-0.2, -0.15) is 0 Å². The van der Waals surface area contributed by atoms with Gasteiger partial charge in [0.1, 0.15) is 5.75 Å². The van der Waals surface area contributed by atoms with Crippen molar-refractivity contribution < 1.29 is 9.53 Å². The second kappa shape index (κ2) is 7.79. The molecular formula is C15H24N2O2. The number of nitrogens with one attached hydrogen (secondary N) is 2. The highest BCUT2D eigenvalue weighted by atomic mass is 16.5. The predicted molar refractivity (Wildman–Crippen MR) is 77.3 cm³/mol. The Kier molecular flexibility index (Phi) is 6.36. The van der Waals surface area contributed by atoms with E-state index in [1.165, 1.54) is 0 Å². The van der Waals surface area contributed by atoms with E-state index in [2.05, 4.69) is 10.6 Å². The van der Waals surface area contributed by atoms with Crippen LogP contribution in [0.2, 0.25) is 0 Å². The normalized spacial score (nSPS) is 13.7. The van der Waals surface area contributed by atoms with Gasteiger partial charge >= 0.3 is 0 Å². The first-order chi connectivity index (χ1) is 9.06. The van der Waals surface area contributed by atoms with Gasteiger partial charge in [0.05, 0.1) is 13.2 Å². The van der Waals surface area contributed by atoms with Crippen molar-refractivity contribution in [2.24, 2.45) is 0 Å². The summed E-state index contributed by atoms with van der Waals surface area (Å²) < 4.78 is 5.18. The molecule has 0 saturated heterocycles. The van der Waals surface area contributed by atoms with Gasteiger partial charge in [-0.05, 0) is 38.1 Å². The van der Waals surface area contributed by atoms with Crippen LogP contribution in [-0.4, -0.2) is 25.6 Å². The van der Waals surface area contributed by atoms with Gasteiger partial charge in [0.2, 0.25) is 5.91 Å². The zero-order valence-corrected chi connectivity index (χ0v) is 12.2. The molecule has 0 aliphatic rings. The Morgan fingerprint density at radius 2 is 2.11 bits per heavy atom. The molecule has 1 rings (SSSR count). The molecule has 0 aromatic heterocycles. The van der Waals surface area contributed by atoms with Crippen molar-refractivity contribution in [3.8, 4) is 5.75 Å². The minimum atomic E-state index is -0.0172. The average molecular weight is 264 g/mol. The number of methoxy groups -OCH3 is 1. The van der Waals surface area contributed by atoms with E-state index in [9.17, 15) is 4.79 Å². The Morgan fingerprint density at radius 1 is 1.37 bits per heavy atom. The maximum absolute atomic E-state index is 11.9. The molecule has 0 fully saturated rings. The van der Waals surface area contributed by atoms with Gasteiger partial charge in [0.25, 0.3) is 0 Å². The lowest BCUT2D eigenvalue weighted by molar-refractivity contribution is -0.122. The largest absolute Gasteiger partial charge is 0.497 e. The topological polar surface area (TPSA) is 50.4 Å². The monoisotopic (exact) mass is 264 g/mol. The molecule has 0 heterocycles. The fourth-order valence-corrected chi connectivity index (χ4v) is 1.99. The van der Waals surface area contributed by atoms with Gasteiger partial charge < -0.3 is 15.4 Å². The Morgan fingerprint density at radius 3 is 2.74 bits per heavy atom. The van der Waals surface area contributed by atoms with Crippen molar-refractivity contribution >= 4 is 5.91 Å². The molecule has 1 aromatic carbocycles. The van der Waals surface area contributed by atoms with Crippen LogP contribution in [0.3, 0.4) is 0 Å². The van der Waals surface area contributed by atoms with Gasteiger partial charge in [-0.15, -0.1) is 0 Å². The Labute approximate surface area is 115 Å². The highest BCUT2D eigenvalue weighted by molar-refractivity contribution is 5.77. The summed E-state index contributed by atoms with van der Waals surface area (Å²) in [5.74, 6) is 0.864. The molecule has 0 aliphatic heterocycles. The third-order valence-electron chi connectivity index (χ3n) is 3.02. The van der Waals surface area contributed by atoms with Crippen LogP contribution >= 0.6 is 0 Å². The minimum absolute atomic E-state index is 0.0172. The van der Waals surface area contributed by atoms with Crippen LogP contribution in [0.5, 0.6) is 5.75 Å². The first kappa shape index (κ1) is 15.5. The smallest absolute Gasteiger partial charge is 0.222 e. The van der Waals surface area contributed by atoms with E-state index < -0.39 is 0 Å². The highest BCUT2D eigenvalue weighted by Crippen LogP contribution is 2.18. The number of hydrogen-bond donors (Lipinski definition) is 2. The zero-order chi connectivity index (χ0) is 14.3. The highest BCUT2D eigenvalue weighted by Gasteiger charge is 2.12. The van der Waals surface area contributed by atoms with Crippen LogP contribution < -0.4 is 15.4 Å². The number of hydrogen-bond acceptors (Lipinski definition) is 3. The van der Waals surface area contributed by atoms with Gasteiger partial charge in [-0.3, -0.25) is 4.79 Å². The molecule has 0 bridgehead atoms. The Bertz CT molecular complexity index is 407. The minimum Gasteiger partial charge on any atom is -0.497 e. The molecule has 4 heteroatoms. The number of ether oxygens (including phenoxy) is 1. The Hall–Kier alpha value is -1.55. The molecule has 1 aromatic rings. The predicted octanol–water partition coefficient (Wildman–Crippen LogP) is 2.26. The van der Waals surface area contributed by atoms with Crippen molar-refractivity contribution in [1.82, 2.24) is 10.6 Å². The average Bonchev–Trinajstić information content (AvgIpc) is 2.38. The maximum Gasteiger partial charge on any atom is 0.222 e. The van der Waals surface area contributed by atoms with Crippen LogP contribution in [0, 0.1) is 0 Å². The molecule has 2 unspecified atom stereocenters. The Balaban J connectivity index is 2.53. The molecular weight excluding hydrogens is 240 g/mol. The molecule has 0 saturated carbocycles. The molecule has 0 aliphatic carbocycles. The number of carbonyl (C=O) groups excluding carboxylic acids is 1. The molecule has 0 spiro atoms. The van der Waals surface area contributed by atoms with Crippen molar-refractivity contribution in [3.05, 3.63) is 29.8 Å². The van der Waals surface area contributed by atoms with Crippen LogP contribution in [0.15, 0.2) is 24.3 Å². The van der Waals surface area contributed by atoms with E-state index in [4.69, 9.17) is 4.74 Å². The van der Waals surface area contributed by atoms with Crippen molar-refractivity contribution in [2.75, 3.05) is 13.7 Å². The van der Waals surface area contributed by atoms with Crippen molar-refractivity contribution in [2.45, 2.75) is 39.3 Å². The molecule has 0 radical (unpaired) electrons. The summed E-state index contributed by atoms with van der Waals surface area (Å²) >= 11 is 0. The standard InChI is InChI=1S/C15H24N2O2/c1-5-16-11(2)9-15(18)17-12(3)13-7-6-8-14(10-13)19-4/h6-8,10-12,16H,5,9H2,1-4H3,(H,17,18). The fourth-order valence-electron chi connectivity index (χ4n) is 1.99. The first-order valence-electron chi connectivity index (χ1n) is 6.73. The van der Waals surface area contributed by atoms with Crippen LogP contribution in [0.1, 0.15) is 38.8 Å². The summed E-state index contributed by atoms with van der Waals surface area (Å²) in [5.41, 5.74) is 1.05. The molecule has 4 nitrogen and oxygen atoms in total. The lowest BCUT2D eigenvalue weighted by atomic mass is 10.1. The number of rotatable bonds is 7. The van der Waals surface area contributed by atoms with Gasteiger partial charge in [-0.25, -0.2) is 0 Å². The summed E-state index contributed by atoms with van der Waals surface area (Å²) in [4.78, 5) is 11.9. The second-order valence-corrected chi connectivity index (χ2v) is 4.73. The van der Waals surface area contributed by atoms with E-state index in [0.29, 0.717) is 6.42 Å². The lowest BCUT2D eigenvalue weighted by Gasteiger charge is -2.17. The van der Waals surface area contributed by atoms with Crippen molar-refractivity contribution in [1.29, 1.82) is 0 Å². The first-order valence-corrected chi connectivity index (χ1v) is 6.73. The molecule has 19 heavy (non-hydrogen) atoms. The van der Waals surface area contributed by atoms with Gasteiger partial charge in [0, 0.05) is 12.5 Å². The fraction of sp³-hybridized carbons (Fsp3) is 0.533. The van der Waals surface area contributed by atoms with Crippen LogP contribution in [0.4, 0.5) is 0 Å². The molecule has 106 valence electrons. The van der Waals surface area contributed by atoms with Crippen molar-refractivity contribution in [3.63, 3.8) is 0 Å². The quantitative estimate of drug-likeness (QED) is 0.794. The molecule has 1 amide bonds. The number of carbonyl (C=O) groups is 1. The lowest BCUT2D eigenvalue weighted by Crippen LogP contribution is -2.34. The summed E-state index contributed by atoms with van der Waals surface area (Å²) in [6, 6.07) is 7.93. The third-order valence-corrected chi connectivity index (χ3v) is 3.02. The summed E-state index contributed by atoms with van der Waals surface area (Å²) in [5, 5.41) is 6.23. The second-order valence-electron chi connectivity index (χ2n) is 4.73. The maximum atomic E-state index is 11.9.